The summed E-state index contributed by atoms with van der Waals surface area (Å²) in [5.74, 6) is 0.485. The van der Waals surface area contributed by atoms with Gasteiger partial charge in [-0.15, -0.1) is 0 Å². The van der Waals surface area contributed by atoms with Crippen molar-refractivity contribution in [1.29, 1.82) is 0 Å². The van der Waals surface area contributed by atoms with Crippen molar-refractivity contribution in [2.24, 2.45) is 0 Å². The lowest BCUT2D eigenvalue weighted by Crippen LogP contribution is -2.17. The van der Waals surface area contributed by atoms with Crippen molar-refractivity contribution in [3.05, 3.63) is 60.0 Å². The van der Waals surface area contributed by atoms with E-state index in [-0.39, 0.29) is 12.0 Å². The highest BCUT2D eigenvalue weighted by atomic mass is 16.5. The first-order chi connectivity index (χ1) is 12.1. The Hall–Kier alpha value is -2.82. The quantitative estimate of drug-likeness (QED) is 0.728. The van der Waals surface area contributed by atoms with E-state index < -0.39 is 0 Å². The van der Waals surface area contributed by atoms with E-state index in [1.807, 2.05) is 66.9 Å². The van der Waals surface area contributed by atoms with Gasteiger partial charge in [0.15, 0.2) is 0 Å². The van der Waals surface area contributed by atoms with E-state index in [1.54, 1.807) is 0 Å². The summed E-state index contributed by atoms with van der Waals surface area (Å²) in [5.41, 5.74) is 2.84. The van der Waals surface area contributed by atoms with Gasteiger partial charge in [-0.25, -0.2) is 4.98 Å². The summed E-state index contributed by atoms with van der Waals surface area (Å²) in [6.45, 7) is 6.00. The minimum Gasteiger partial charge on any atom is -0.489 e. The summed E-state index contributed by atoms with van der Waals surface area (Å²) in [4.78, 5) is 17.6. The Morgan fingerprint density at radius 3 is 2.72 bits per heavy atom. The van der Waals surface area contributed by atoms with Crippen molar-refractivity contribution in [2.45, 2.75) is 39.7 Å². The number of rotatable bonds is 6. The Morgan fingerprint density at radius 2 is 1.96 bits per heavy atom. The third kappa shape index (κ3) is 3.65. The predicted octanol–water partition coefficient (Wildman–Crippen LogP) is 4.33. The highest BCUT2D eigenvalue weighted by Crippen LogP contribution is 2.26. The molecule has 2 heterocycles. The molecule has 2 aromatic heterocycles. The third-order valence-electron chi connectivity index (χ3n) is 3.80. The number of hydrogen-bond donors (Lipinski definition) is 1. The van der Waals surface area contributed by atoms with Crippen LogP contribution in [0, 0.1) is 0 Å². The molecule has 3 rings (SSSR count). The van der Waals surface area contributed by atoms with Crippen LogP contribution in [0.25, 0.3) is 5.65 Å². The number of para-hydroxylation sites is 2. The van der Waals surface area contributed by atoms with Crippen LogP contribution in [0.15, 0.2) is 48.7 Å². The van der Waals surface area contributed by atoms with Gasteiger partial charge in [-0.05, 0) is 44.5 Å². The fraction of sp³-hybridized carbons (Fsp3) is 0.300. The zero-order chi connectivity index (χ0) is 17.8. The molecular formula is C20H23N3O2. The lowest BCUT2D eigenvalue weighted by molar-refractivity contribution is 0.101. The van der Waals surface area contributed by atoms with Gasteiger partial charge < -0.3 is 10.1 Å². The zero-order valence-corrected chi connectivity index (χ0v) is 14.8. The van der Waals surface area contributed by atoms with Gasteiger partial charge in [-0.1, -0.05) is 31.5 Å². The van der Waals surface area contributed by atoms with E-state index in [1.165, 1.54) is 0 Å². The number of carbonyl (C=O) groups excluding carboxylic acids is 1. The van der Waals surface area contributed by atoms with Gasteiger partial charge in [-0.3, -0.25) is 9.20 Å². The molecule has 0 aliphatic carbocycles. The number of fused-ring (bicyclic) bond motifs is 1. The maximum absolute atomic E-state index is 13.0. The molecule has 0 fully saturated rings. The molecule has 0 saturated carbocycles. The molecule has 5 nitrogen and oxygen atoms in total. The highest BCUT2D eigenvalue weighted by Gasteiger charge is 2.20. The molecular weight excluding hydrogens is 314 g/mol. The lowest BCUT2D eigenvalue weighted by Gasteiger charge is -2.15. The van der Waals surface area contributed by atoms with Crippen molar-refractivity contribution in [3.8, 4) is 5.75 Å². The van der Waals surface area contributed by atoms with Crippen LogP contribution < -0.4 is 10.1 Å². The number of aromatic nitrogens is 2. The molecule has 25 heavy (non-hydrogen) atoms. The summed E-state index contributed by atoms with van der Waals surface area (Å²) >= 11 is 0. The fourth-order valence-corrected chi connectivity index (χ4v) is 2.80. The first-order valence-electron chi connectivity index (χ1n) is 8.63. The minimum atomic E-state index is -0.179. The zero-order valence-electron chi connectivity index (χ0n) is 14.8. The third-order valence-corrected chi connectivity index (χ3v) is 3.80. The molecule has 5 heteroatoms. The first-order valence-corrected chi connectivity index (χ1v) is 8.63. The van der Waals surface area contributed by atoms with Gasteiger partial charge in [0.05, 0.1) is 17.5 Å². The topological polar surface area (TPSA) is 55.6 Å². The van der Waals surface area contributed by atoms with Crippen molar-refractivity contribution >= 4 is 17.2 Å². The molecule has 0 saturated heterocycles. The van der Waals surface area contributed by atoms with Crippen molar-refractivity contribution < 1.29 is 9.53 Å². The molecule has 0 radical (unpaired) electrons. The second kappa shape index (κ2) is 7.38. The van der Waals surface area contributed by atoms with E-state index in [9.17, 15) is 4.79 Å². The number of hydrogen-bond acceptors (Lipinski definition) is 3. The molecule has 0 bridgehead atoms. The Morgan fingerprint density at radius 1 is 1.20 bits per heavy atom. The summed E-state index contributed by atoms with van der Waals surface area (Å²) in [6, 6.07) is 13.2. The van der Waals surface area contributed by atoms with Crippen LogP contribution in [-0.2, 0) is 6.42 Å². The van der Waals surface area contributed by atoms with Crippen LogP contribution >= 0.6 is 0 Å². The van der Waals surface area contributed by atoms with Crippen molar-refractivity contribution in [2.75, 3.05) is 5.32 Å². The first kappa shape index (κ1) is 17.0. The molecule has 1 amide bonds. The smallest absolute Gasteiger partial charge is 0.274 e. The SMILES string of the molecule is CCCc1nc2ccccn2c1C(=O)Nc1ccccc1OC(C)C. The van der Waals surface area contributed by atoms with Crippen LogP contribution in [0.5, 0.6) is 5.75 Å². The number of amides is 1. The number of benzene rings is 1. The van der Waals surface area contributed by atoms with Crippen LogP contribution in [0.4, 0.5) is 5.69 Å². The van der Waals surface area contributed by atoms with Gasteiger partial charge in [0.2, 0.25) is 0 Å². The molecule has 0 aliphatic heterocycles. The average Bonchev–Trinajstić information content (AvgIpc) is 2.94. The number of aryl methyl sites for hydroxylation is 1. The molecule has 0 spiro atoms. The van der Waals surface area contributed by atoms with Crippen LogP contribution in [-0.4, -0.2) is 21.4 Å². The largest absolute Gasteiger partial charge is 0.489 e. The Balaban J connectivity index is 1.97. The molecule has 1 aromatic carbocycles. The summed E-state index contributed by atoms with van der Waals surface area (Å²) in [5, 5.41) is 2.98. The monoisotopic (exact) mass is 337 g/mol. The predicted molar refractivity (Wildman–Crippen MR) is 99.3 cm³/mol. The van der Waals surface area contributed by atoms with E-state index >= 15 is 0 Å². The Labute approximate surface area is 147 Å². The van der Waals surface area contributed by atoms with Crippen molar-refractivity contribution in [1.82, 2.24) is 9.38 Å². The van der Waals surface area contributed by atoms with Gasteiger partial charge in [0.25, 0.3) is 5.91 Å². The molecule has 0 aliphatic rings. The maximum Gasteiger partial charge on any atom is 0.274 e. The normalized spacial score (nSPS) is 11.0. The van der Waals surface area contributed by atoms with E-state index in [4.69, 9.17) is 4.74 Å². The molecule has 130 valence electrons. The lowest BCUT2D eigenvalue weighted by atomic mass is 10.2. The Bertz CT molecular complexity index is 884. The number of imidazole rings is 1. The standard InChI is InChI=1S/C20H23N3O2/c1-4-9-16-19(23-13-8-7-12-18(23)21-16)20(24)22-15-10-5-6-11-17(15)25-14(2)3/h5-8,10-14H,4,9H2,1-3H3,(H,22,24). The van der Waals surface area contributed by atoms with Gasteiger partial charge in [0, 0.05) is 6.20 Å². The molecule has 0 unspecified atom stereocenters. The number of carbonyl (C=O) groups is 1. The number of ether oxygens (including phenoxy) is 1. The van der Waals surface area contributed by atoms with Gasteiger partial charge in [-0.2, -0.15) is 0 Å². The van der Waals surface area contributed by atoms with Gasteiger partial charge in [0.1, 0.15) is 17.1 Å². The summed E-state index contributed by atoms with van der Waals surface area (Å²) in [7, 11) is 0. The maximum atomic E-state index is 13.0. The van der Waals surface area contributed by atoms with Crippen LogP contribution in [0.1, 0.15) is 43.4 Å². The number of nitrogens with one attached hydrogen (secondary N) is 1. The van der Waals surface area contributed by atoms with Crippen LogP contribution in [0.2, 0.25) is 0 Å². The number of pyridine rings is 1. The second-order valence-corrected chi connectivity index (χ2v) is 6.20. The minimum absolute atomic E-state index is 0.0319. The fourth-order valence-electron chi connectivity index (χ4n) is 2.80. The van der Waals surface area contributed by atoms with Crippen LogP contribution in [0.3, 0.4) is 0 Å². The summed E-state index contributed by atoms with van der Waals surface area (Å²) in [6.07, 6.45) is 3.59. The van der Waals surface area contributed by atoms with Gasteiger partial charge >= 0.3 is 0 Å². The second-order valence-electron chi connectivity index (χ2n) is 6.20. The summed E-state index contributed by atoms with van der Waals surface area (Å²) < 4.78 is 7.63. The Kier molecular flexibility index (Phi) is 5.03. The average molecular weight is 337 g/mol. The number of nitrogens with zero attached hydrogens (tertiary/aromatic N) is 2. The highest BCUT2D eigenvalue weighted by molar-refractivity contribution is 6.05. The molecule has 0 atom stereocenters. The van der Waals surface area contributed by atoms with E-state index in [0.29, 0.717) is 17.1 Å². The number of anilines is 1. The van der Waals surface area contributed by atoms with E-state index in [0.717, 1.165) is 24.2 Å². The van der Waals surface area contributed by atoms with Crippen molar-refractivity contribution in [3.63, 3.8) is 0 Å². The molecule has 3 aromatic rings. The molecule has 1 N–H and O–H groups in total. The van der Waals surface area contributed by atoms with E-state index in [2.05, 4.69) is 17.2 Å².